The van der Waals surface area contributed by atoms with Gasteiger partial charge in [-0.3, -0.25) is 5.32 Å². The summed E-state index contributed by atoms with van der Waals surface area (Å²) in [5.74, 6) is -0.417. The first-order valence-corrected chi connectivity index (χ1v) is 3.92. The minimum Gasteiger partial charge on any atom is -0.455 e. The summed E-state index contributed by atoms with van der Waals surface area (Å²) in [7, 11) is 0. The van der Waals surface area contributed by atoms with Crippen LogP contribution in [0.15, 0.2) is 12.7 Å². The predicted octanol–water partition coefficient (Wildman–Crippen LogP) is 0.0500. The van der Waals surface area contributed by atoms with Crippen LogP contribution in [0.5, 0.6) is 0 Å². The second kappa shape index (κ2) is 4.23. The highest BCUT2D eigenvalue weighted by Crippen LogP contribution is 2.05. The molecule has 0 amide bonds. The second-order valence-corrected chi connectivity index (χ2v) is 2.59. The molecule has 1 N–H and O–H groups in total. The maximum atomic E-state index is 10.8. The Labute approximate surface area is 71.5 Å². The van der Waals surface area contributed by atoms with E-state index in [0.717, 1.165) is 12.6 Å². The quantitative estimate of drug-likeness (QED) is 0.481. The largest absolute Gasteiger partial charge is 0.455 e. The molecule has 4 nitrogen and oxygen atoms in total. The number of ether oxygens (including phenoxy) is 2. The van der Waals surface area contributed by atoms with Crippen LogP contribution >= 0.6 is 0 Å². The van der Waals surface area contributed by atoms with Crippen LogP contribution in [0, 0.1) is 0 Å². The van der Waals surface area contributed by atoms with E-state index in [4.69, 9.17) is 9.47 Å². The maximum absolute atomic E-state index is 10.8. The molecule has 0 aliphatic carbocycles. The zero-order valence-electron chi connectivity index (χ0n) is 7.08. The van der Waals surface area contributed by atoms with Crippen molar-refractivity contribution in [1.82, 2.24) is 5.32 Å². The van der Waals surface area contributed by atoms with Gasteiger partial charge in [0.2, 0.25) is 0 Å². The van der Waals surface area contributed by atoms with Gasteiger partial charge >= 0.3 is 5.97 Å². The van der Waals surface area contributed by atoms with Crippen molar-refractivity contribution < 1.29 is 14.3 Å². The lowest BCUT2D eigenvalue weighted by molar-refractivity contribution is -0.148. The lowest BCUT2D eigenvalue weighted by Gasteiger charge is -2.18. The summed E-state index contributed by atoms with van der Waals surface area (Å²) in [5, 5.41) is 3.05. The standard InChI is InChI=1S/C8H13NO3/c1-3-7(10)12-6(2)8-9-4-5-11-8/h3,6,8-9H,1,4-5H2,2H3. The van der Waals surface area contributed by atoms with Crippen molar-refractivity contribution in [3.05, 3.63) is 12.7 Å². The smallest absolute Gasteiger partial charge is 0.330 e. The fourth-order valence-electron chi connectivity index (χ4n) is 1.04. The normalized spacial score (nSPS) is 24.9. The molecule has 0 bridgehead atoms. The molecule has 0 spiro atoms. The molecule has 0 radical (unpaired) electrons. The van der Waals surface area contributed by atoms with Crippen molar-refractivity contribution in [3.63, 3.8) is 0 Å². The Kier molecular flexibility index (Phi) is 3.25. The van der Waals surface area contributed by atoms with Gasteiger partial charge in [0, 0.05) is 12.6 Å². The van der Waals surface area contributed by atoms with Crippen molar-refractivity contribution >= 4 is 5.97 Å². The Morgan fingerprint density at radius 1 is 1.92 bits per heavy atom. The van der Waals surface area contributed by atoms with Gasteiger partial charge in [-0.15, -0.1) is 0 Å². The van der Waals surface area contributed by atoms with E-state index in [0.29, 0.717) is 6.61 Å². The number of carbonyl (C=O) groups excluding carboxylic acids is 1. The number of rotatable bonds is 3. The summed E-state index contributed by atoms with van der Waals surface area (Å²) < 4.78 is 10.2. The fraction of sp³-hybridized carbons (Fsp3) is 0.625. The minimum absolute atomic E-state index is 0.172. The van der Waals surface area contributed by atoms with Crippen LogP contribution in [0.2, 0.25) is 0 Å². The van der Waals surface area contributed by atoms with Crippen LogP contribution < -0.4 is 5.32 Å². The summed E-state index contributed by atoms with van der Waals surface area (Å²) in [6, 6.07) is 0. The van der Waals surface area contributed by atoms with Gasteiger partial charge in [0.25, 0.3) is 0 Å². The van der Waals surface area contributed by atoms with E-state index >= 15 is 0 Å². The third-order valence-electron chi connectivity index (χ3n) is 1.64. The van der Waals surface area contributed by atoms with Gasteiger partial charge in [0.1, 0.15) is 12.3 Å². The summed E-state index contributed by atoms with van der Waals surface area (Å²) in [5.41, 5.74) is 0. The number of esters is 1. The molecule has 1 saturated heterocycles. The highest BCUT2D eigenvalue weighted by atomic mass is 16.6. The van der Waals surface area contributed by atoms with E-state index in [9.17, 15) is 4.79 Å². The molecule has 0 saturated carbocycles. The van der Waals surface area contributed by atoms with Gasteiger partial charge in [0.05, 0.1) is 6.61 Å². The third kappa shape index (κ3) is 2.32. The number of carbonyl (C=O) groups is 1. The molecule has 1 rings (SSSR count). The summed E-state index contributed by atoms with van der Waals surface area (Å²) >= 11 is 0. The lowest BCUT2D eigenvalue weighted by Crippen LogP contribution is -2.36. The zero-order valence-corrected chi connectivity index (χ0v) is 7.08. The van der Waals surface area contributed by atoms with Gasteiger partial charge in [-0.1, -0.05) is 6.58 Å². The molecule has 1 aliphatic heterocycles. The lowest BCUT2D eigenvalue weighted by atomic mass is 10.3. The first-order valence-electron chi connectivity index (χ1n) is 3.92. The molecule has 1 aliphatic rings. The number of hydrogen-bond acceptors (Lipinski definition) is 4. The van der Waals surface area contributed by atoms with Crippen LogP contribution in [0.25, 0.3) is 0 Å². The van der Waals surface area contributed by atoms with Gasteiger partial charge < -0.3 is 9.47 Å². The molecule has 0 aromatic carbocycles. The zero-order chi connectivity index (χ0) is 8.97. The molecular weight excluding hydrogens is 158 g/mol. The highest BCUT2D eigenvalue weighted by molar-refractivity contribution is 5.81. The molecule has 0 aromatic rings. The van der Waals surface area contributed by atoms with Crippen LogP contribution in [-0.2, 0) is 14.3 Å². The first-order chi connectivity index (χ1) is 5.74. The van der Waals surface area contributed by atoms with E-state index in [1.165, 1.54) is 0 Å². The third-order valence-corrected chi connectivity index (χ3v) is 1.64. The number of hydrogen-bond donors (Lipinski definition) is 1. The molecule has 2 atom stereocenters. The van der Waals surface area contributed by atoms with Gasteiger partial charge in [-0.25, -0.2) is 4.79 Å². The van der Waals surface area contributed by atoms with Gasteiger partial charge in [0.15, 0.2) is 0 Å². The van der Waals surface area contributed by atoms with Crippen molar-refractivity contribution in [2.45, 2.75) is 19.3 Å². The summed E-state index contributed by atoms with van der Waals surface area (Å²) in [6.07, 6.45) is 0.706. The van der Waals surface area contributed by atoms with E-state index in [1.807, 2.05) is 0 Å². The van der Waals surface area contributed by atoms with Gasteiger partial charge in [-0.2, -0.15) is 0 Å². The van der Waals surface area contributed by atoms with Crippen LogP contribution in [0.3, 0.4) is 0 Å². The van der Waals surface area contributed by atoms with Gasteiger partial charge in [-0.05, 0) is 6.92 Å². The Balaban J connectivity index is 2.31. The Hall–Kier alpha value is -0.870. The molecule has 4 heteroatoms. The molecule has 2 unspecified atom stereocenters. The molecule has 68 valence electrons. The van der Waals surface area contributed by atoms with Crippen LogP contribution in [0.1, 0.15) is 6.92 Å². The first kappa shape index (κ1) is 9.22. The molecule has 1 heterocycles. The van der Waals surface area contributed by atoms with Crippen molar-refractivity contribution in [2.24, 2.45) is 0 Å². The monoisotopic (exact) mass is 171 g/mol. The molecule has 12 heavy (non-hydrogen) atoms. The van der Waals surface area contributed by atoms with Crippen molar-refractivity contribution in [1.29, 1.82) is 0 Å². The molecular formula is C8H13NO3. The van der Waals surface area contributed by atoms with E-state index in [1.54, 1.807) is 6.92 Å². The average molecular weight is 171 g/mol. The number of nitrogens with one attached hydrogen (secondary N) is 1. The summed E-state index contributed by atoms with van der Waals surface area (Å²) in [4.78, 5) is 10.8. The summed E-state index contributed by atoms with van der Waals surface area (Å²) in [6.45, 7) is 6.56. The Morgan fingerprint density at radius 3 is 3.17 bits per heavy atom. The molecule has 1 fully saturated rings. The topological polar surface area (TPSA) is 47.6 Å². The maximum Gasteiger partial charge on any atom is 0.330 e. The Morgan fingerprint density at radius 2 is 2.67 bits per heavy atom. The highest BCUT2D eigenvalue weighted by Gasteiger charge is 2.23. The Bertz CT molecular complexity index is 175. The molecule has 0 aromatic heterocycles. The van der Waals surface area contributed by atoms with Crippen molar-refractivity contribution in [3.8, 4) is 0 Å². The average Bonchev–Trinajstić information content (AvgIpc) is 2.56. The fourth-order valence-corrected chi connectivity index (χ4v) is 1.04. The minimum atomic E-state index is -0.417. The second-order valence-electron chi connectivity index (χ2n) is 2.59. The van der Waals surface area contributed by atoms with E-state index in [2.05, 4.69) is 11.9 Å². The SMILES string of the molecule is C=CC(=O)OC(C)C1NCCO1. The van der Waals surface area contributed by atoms with E-state index < -0.39 is 5.97 Å². The van der Waals surface area contributed by atoms with Crippen molar-refractivity contribution in [2.75, 3.05) is 13.2 Å². The van der Waals surface area contributed by atoms with E-state index in [-0.39, 0.29) is 12.3 Å². The predicted molar refractivity (Wildman–Crippen MR) is 43.5 cm³/mol. The van der Waals surface area contributed by atoms with Crippen LogP contribution in [0.4, 0.5) is 0 Å². The van der Waals surface area contributed by atoms with Crippen LogP contribution in [-0.4, -0.2) is 31.5 Å².